The molecule has 0 aliphatic carbocycles. The van der Waals surface area contributed by atoms with Gasteiger partial charge in [0.1, 0.15) is 0 Å². The van der Waals surface area contributed by atoms with Gasteiger partial charge < -0.3 is 15.5 Å². The molecule has 8 heteroatoms. The van der Waals surface area contributed by atoms with Gasteiger partial charge in [-0.15, -0.1) is 0 Å². The molecule has 0 unspecified atom stereocenters. The quantitative estimate of drug-likeness (QED) is 0.690. The molecule has 2 N–H and O–H groups in total. The maximum absolute atomic E-state index is 13.1. The topological polar surface area (TPSA) is 44.4 Å². The molecular formula is C19H21ClF3N3O. The van der Waals surface area contributed by atoms with Crippen LogP contribution in [-0.4, -0.2) is 25.7 Å². The molecule has 0 saturated heterocycles. The van der Waals surface area contributed by atoms with Crippen LogP contribution in [0.4, 0.5) is 29.3 Å². The molecule has 0 bridgehead atoms. The molecule has 2 rings (SSSR count). The summed E-state index contributed by atoms with van der Waals surface area (Å²) in [6.45, 7) is 5.53. The Morgan fingerprint density at radius 1 is 1.19 bits per heavy atom. The normalized spacial score (nSPS) is 11.2. The number of nitrogens with zero attached hydrogens (tertiary/aromatic N) is 1. The van der Waals surface area contributed by atoms with Crippen LogP contribution >= 0.6 is 11.6 Å². The van der Waals surface area contributed by atoms with Crippen LogP contribution in [0.5, 0.6) is 0 Å². The Hall–Kier alpha value is -2.41. The van der Waals surface area contributed by atoms with Crippen molar-refractivity contribution < 1.29 is 18.0 Å². The van der Waals surface area contributed by atoms with Gasteiger partial charge in [0.05, 0.1) is 11.3 Å². The molecule has 0 spiro atoms. The highest BCUT2D eigenvalue weighted by Gasteiger charge is 2.34. The van der Waals surface area contributed by atoms with Crippen LogP contribution in [0, 0.1) is 6.92 Å². The van der Waals surface area contributed by atoms with Crippen LogP contribution in [0.15, 0.2) is 42.5 Å². The van der Waals surface area contributed by atoms with E-state index in [0.717, 1.165) is 29.9 Å². The first-order valence-electron chi connectivity index (χ1n) is 8.44. The highest BCUT2D eigenvalue weighted by atomic mass is 35.5. The van der Waals surface area contributed by atoms with Crippen molar-refractivity contribution >= 4 is 29.0 Å². The number of alkyl halides is 3. The van der Waals surface area contributed by atoms with Gasteiger partial charge in [0.15, 0.2) is 0 Å². The number of carbonyl (C=O) groups is 1. The van der Waals surface area contributed by atoms with Crippen molar-refractivity contribution in [3.8, 4) is 0 Å². The Bertz CT molecular complexity index is 796. The van der Waals surface area contributed by atoms with E-state index in [9.17, 15) is 18.0 Å². The molecular weight excluding hydrogens is 379 g/mol. The van der Waals surface area contributed by atoms with Crippen molar-refractivity contribution in [2.75, 3.05) is 29.9 Å². The Morgan fingerprint density at radius 2 is 1.93 bits per heavy atom. The minimum absolute atomic E-state index is 0.0509. The fraction of sp³-hybridized carbons (Fsp3) is 0.316. The number of nitrogens with one attached hydrogen (secondary N) is 2. The molecule has 0 heterocycles. The van der Waals surface area contributed by atoms with Crippen LogP contribution in [0.1, 0.15) is 18.1 Å². The zero-order chi connectivity index (χ0) is 20.0. The van der Waals surface area contributed by atoms with Crippen LogP contribution in [-0.2, 0) is 6.18 Å². The maximum atomic E-state index is 13.1. The Balaban J connectivity index is 1.95. The van der Waals surface area contributed by atoms with E-state index >= 15 is 0 Å². The van der Waals surface area contributed by atoms with Crippen molar-refractivity contribution in [1.29, 1.82) is 0 Å². The van der Waals surface area contributed by atoms with Crippen molar-refractivity contribution in [2.45, 2.75) is 20.0 Å². The molecule has 0 aliphatic heterocycles. The highest BCUT2D eigenvalue weighted by molar-refractivity contribution is 6.30. The number of urea groups is 1. The largest absolute Gasteiger partial charge is 0.418 e. The number of rotatable bonds is 6. The van der Waals surface area contributed by atoms with E-state index in [1.165, 1.54) is 6.07 Å². The third-order valence-electron chi connectivity index (χ3n) is 3.95. The molecule has 146 valence electrons. The summed E-state index contributed by atoms with van der Waals surface area (Å²) in [4.78, 5) is 14.1. The molecule has 27 heavy (non-hydrogen) atoms. The van der Waals surface area contributed by atoms with E-state index < -0.39 is 17.8 Å². The summed E-state index contributed by atoms with van der Waals surface area (Å²) < 4.78 is 39.2. The summed E-state index contributed by atoms with van der Waals surface area (Å²) in [6, 6.07) is 10.5. The van der Waals surface area contributed by atoms with E-state index in [-0.39, 0.29) is 17.3 Å². The maximum Gasteiger partial charge on any atom is 0.418 e. The van der Waals surface area contributed by atoms with Gasteiger partial charge in [0, 0.05) is 30.3 Å². The lowest BCUT2D eigenvalue weighted by Gasteiger charge is -2.23. The summed E-state index contributed by atoms with van der Waals surface area (Å²) in [7, 11) is 0. The molecule has 2 amide bonds. The zero-order valence-electron chi connectivity index (χ0n) is 15.0. The molecule has 0 atom stereocenters. The lowest BCUT2D eigenvalue weighted by atomic mass is 10.1. The van der Waals surface area contributed by atoms with Crippen molar-refractivity contribution in [2.24, 2.45) is 0 Å². The van der Waals surface area contributed by atoms with Gasteiger partial charge in [-0.05, 0) is 49.7 Å². The smallest absolute Gasteiger partial charge is 0.370 e. The minimum Gasteiger partial charge on any atom is -0.370 e. The van der Waals surface area contributed by atoms with Crippen LogP contribution in [0.2, 0.25) is 5.02 Å². The van der Waals surface area contributed by atoms with E-state index in [1.54, 1.807) is 0 Å². The summed E-state index contributed by atoms with van der Waals surface area (Å²) in [6.07, 6.45) is -4.61. The summed E-state index contributed by atoms with van der Waals surface area (Å²) in [5, 5.41) is 4.77. The second kappa shape index (κ2) is 8.99. The van der Waals surface area contributed by atoms with Gasteiger partial charge >= 0.3 is 12.2 Å². The molecule has 4 nitrogen and oxygen atoms in total. The van der Waals surface area contributed by atoms with Crippen molar-refractivity contribution in [1.82, 2.24) is 5.32 Å². The van der Waals surface area contributed by atoms with Crippen LogP contribution in [0.25, 0.3) is 0 Å². The standard InChI is InChI=1S/C19H21ClF3N3O/c1-3-26(15-6-4-5-13(2)11-15)10-9-24-18(27)25-17-8-7-14(20)12-16(17)19(21,22)23/h4-8,11-12H,3,9-10H2,1-2H3,(H2,24,25,27). The first-order chi connectivity index (χ1) is 12.7. The summed E-state index contributed by atoms with van der Waals surface area (Å²) >= 11 is 5.63. The summed E-state index contributed by atoms with van der Waals surface area (Å²) in [5.74, 6) is 0. The Kier molecular flexibility index (Phi) is 6.96. The van der Waals surface area contributed by atoms with E-state index in [1.807, 2.05) is 38.1 Å². The zero-order valence-corrected chi connectivity index (χ0v) is 15.8. The molecule has 2 aromatic carbocycles. The number of amides is 2. The van der Waals surface area contributed by atoms with E-state index in [2.05, 4.69) is 15.5 Å². The second-order valence-corrected chi connectivity index (χ2v) is 6.42. The number of likely N-dealkylation sites (N-methyl/N-ethyl adjacent to an activating group) is 1. The van der Waals surface area contributed by atoms with E-state index in [0.29, 0.717) is 6.54 Å². The molecule has 0 fully saturated rings. The predicted octanol–water partition coefficient (Wildman–Crippen LogP) is 5.32. The van der Waals surface area contributed by atoms with Crippen LogP contribution in [0.3, 0.4) is 0 Å². The number of aryl methyl sites for hydroxylation is 1. The minimum atomic E-state index is -4.61. The highest BCUT2D eigenvalue weighted by Crippen LogP contribution is 2.36. The number of hydrogen-bond acceptors (Lipinski definition) is 2. The molecule has 2 aromatic rings. The molecule has 0 radical (unpaired) electrons. The van der Waals surface area contributed by atoms with Crippen LogP contribution < -0.4 is 15.5 Å². The summed E-state index contributed by atoms with van der Waals surface area (Å²) in [5.41, 5.74) is 0.825. The third kappa shape index (κ3) is 6.06. The van der Waals surface area contributed by atoms with Gasteiger partial charge in [-0.2, -0.15) is 13.2 Å². The van der Waals surface area contributed by atoms with Crippen molar-refractivity contribution in [3.05, 3.63) is 58.6 Å². The molecule has 0 saturated carbocycles. The van der Waals surface area contributed by atoms with Gasteiger partial charge in [-0.3, -0.25) is 0 Å². The number of anilines is 2. The van der Waals surface area contributed by atoms with E-state index in [4.69, 9.17) is 11.6 Å². The van der Waals surface area contributed by atoms with Gasteiger partial charge in [0.25, 0.3) is 0 Å². The Morgan fingerprint density at radius 3 is 2.56 bits per heavy atom. The van der Waals surface area contributed by atoms with Crippen molar-refractivity contribution in [3.63, 3.8) is 0 Å². The lowest BCUT2D eigenvalue weighted by Crippen LogP contribution is -2.37. The predicted molar refractivity (Wildman–Crippen MR) is 103 cm³/mol. The average Bonchev–Trinajstić information content (AvgIpc) is 2.59. The number of hydrogen-bond donors (Lipinski definition) is 2. The first kappa shape index (κ1) is 20.9. The van der Waals surface area contributed by atoms with Gasteiger partial charge in [0.2, 0.25) is 0 Å². The fourth-order valence-corrected chi connectivity index (χ4v) is 2.80. The van der Waals surface area contributed by atoms with Gasteiger partial charge in [-0.1, -0.05) is 23.7 Å². The molecule has 0 aromatic heterocycles. The average molecular weight is 400 g/mol. The fourth-order valence-electron chi connectivity index (χ4n) is 2.63. The third-order valence-corrected chi connectivity index (χ3v) is 4.19. The second-order valence-electron chi connectivity index (χ2n) is 5.99. The number of halogens is 4. The number of benzene rings is 2. The lowest BCUT2D eigenvalue weighted by molar-refractivity contribution is -0.136. The first-order valence-corrected chi connectivity index (χ1v) is 8.81. The monoisotopic (exact) mass is 399 g/mol. The molecule has 0 aliphatic rings. The van der Waals surface area contributed by atoms with Gasteiger partial charge in [-0.25, -0.2) is 4.79 Å². The Labute approximate surface area is 161 Å². The number of carbonyl (C=O) groups excluding carboxylic acids is 1. The SMILES string of the molecule is CCN(CCNC(=O)Nc1ccc(Cl)cc1C(F)(F)F)c1cccc(C)c1.